The fourth-order valence-corrected chi connectivity index (χ4v) is 3.75. The number of ether oxygens (including phenoxy) is 1. The first-order valence-electron chi connectivity index (χ1n) is 8.64. The van der Waals surface area contributed by atoms with Gasteiger partial charge in [-0.25, -0.2) is 4.79 Å². The Morgan fingerprint density at radius 2 is 1.96 bits per heavy atom. The molecular weight excluding hydrogens is 426 g/mol. The second-order valence-corrected chi connectivity index (χ2v) is 7.41. The summed E-state index contributed by atoms with van der Waals surface area (Å²) in [7, 11) is 1.57. The highest BCUT2D eigenvalue weighted by Crippen LogP contribution is 2.33. The van der Waals surface area contributed by atoms with Crippen LogP contribution in [-0.4, -0.2) is 36.4 Å². The predicted molar refractivity (Wildman–Crippen MR) is 107 cm³/mol. The van der Waals surface area contributed by atoms with Gasteiger partial charge in [-0.1, -0.05) is 46.3 Å². The minimum atomic E-state index is -1.23. The summed E-state index contributed by atoms with van der Waals surface area (Å²) >= 11 is 3.41. The van der Waals surface area contributed by atoms with Gasteiger partial charge in [-0.2, -0.15) is 0 Å². The van der Waals surface area contributed by atoms with Crippen molar-refractivity contribution in [2.75, 3.05) is 13.7 Å². The maximum Gasteiger partial charge on any atom is 0.325 e. The molecule has 3 rings (SSSR count). The van der Waals surface area contributed by atoms with Crippen molar-refractivity contribution in [3.05, 3.63) is 64.1 Å². The molecule has 146 valence electrons. The number of amides is 4. The van der Waals surface area contributed by atoms with Crippen LogP contribution in [0.25, 0.3) is 0 Å². The molecule has 0 aliphatic carbocycles. The predicted octanol–water partition coefficient (Wildman–Crippen LogP) is 2.54. The molecule has 1 fully saturated rings. The molecule has 0 radical (unpaired) electrons. The third kappa shape index (κ3) is 3.87. The van der Waals surface area contributed by atoms with E-state index in [0.29, 0.717) is 15.8 Å². The van der Waals surface area contributed by atoms with Crippen molar-refractivity contribution < 1.29 is 19.1 Å². The van der Waals surface area contributed by atoms with Crippen molar-refractivity contribution in [3.8, 4) is 5.75 Å². The first-order chi connectivity index (χ1) is 13.3. The molecule has 1 aliphatic rings. The Morgan fingerprint density at radius 3 is 2.68 bits per heavy atom. The number of hydrogen-bond acceptors (Lipinski definition) is 4. The molecule has 1 unspecified atom stereocenters. The van der Waals surface area contributed by atoms with Crippen molar-refractivity contribution in [1.82, 2.24) is 15.5 Å². The second-order valence-electron chi connectivity index (χ2n) is 6.55. The zero-order chi connectivity index (χ0) is 20.3. The van der Waals surface area contributed by atoms with E-state index in [0.717, 1.165) is 10.5 Å². The molecule has 0 saturated carbocycles. The van der Waals surface area contributed by atoms with Gasteiger partial charge in [-0.15, -0.1) is 0 Å². The summed E-state index contributed by atoms with van der Waals surface area (Å²) in [4.78, 5) is 38.5. The van der Waals surface area contributed by atoms with Gasteiger partial charge in [0.1, 0.15) is 17.8 Å². The molecule has 0 aromatic heterocycles. The summed E-state index contributed by atoms with van der Waals surface area (Å²) in [5, 5.41) is 5.41. The van der Waals surface area contributed by atoms with Crippen LogP contribution in [0.1, 0.15) is 18.1 Å². The number of carbonyl (C=O) groups excluding carboxylic acids is 3. The van der Waals surface area contributed by atoms with E-state index in [1.807, 2.05) is 18.2 Å². The van der Waals surface area contributed by atoms with Crippen LogP contribution in [0.5, 0.6) is 5.75 Å². The van der Waals surface area contributed by atoms with Gasteiger partial charge in [0.25, 0.3) is 5.91 Å². The largest absolute Gasteiger partial charge is 0.497 e. The smallest absolute Gasteiger partial charge is 0.325 e. The van der Waals surface area contributed by atoms with E-state index < -0.39 is 23.4 Å². The monoisotopic (exact) mass is 445 g/mol. The Kier molecular flexibility index (Phi) is 5.69. The SMILES string of the molecule is COc1cccc(CNC(=O)CN2C(=O)NC(C)(c3ccccc3Br)C2=O)c1. The molecule has 0 bridgehead atoms. The Balaban J connectivity index is 1.67. The number of imide groups is 1. The normalized spacial score (nSPS) is 18.8. The average molecular weight is 446 g/mol. The van der Waals surface area contributed by atoms with Crippen LogP contribution in [0.15, 0.2) is 53.0 Å². The molecule has 1 saturated heterocycles. The zero-order valence-electron chi connectivity index (χ0n) is 15.5. The van der Waals surface area contributed by atoms with Gasteiger partial charge in [-0.3, -0.25) is 14.5 Å². The fourth-order valence-electron chi connectivity index (χ4n) is 3.07. The van der Waals surface area contributed by atoms with Crippen molar-refractivity contribution in [2.45, 2.75) is 19.0 Å². The number of benzene rings is 2. The number of urea groups is 1. The van der Waals surface area contributed by atoms with Crippen molar-refractivity contribution in [1.29, 1.82) is 0 Å². The Labute approximate surface area is 171 Å². The highest BCUT2D eigenvalue weighted by atomic mass is 79.9. The lowest BCUT2D eigenvalue weighted by Gasteiger charge is -2.23. The fraction of sp³-hybridized carbons (Fsp3) is 0.250. The van der Waals surface area contributed by atoms with Crippen LogP contribution < -0.4 is 15.4 Å². The lowest BCUT2D eigenvalue weighted by atomic mass is 9.92. The summed E-state index contributed by atoms with van der Waals surface area (Å²) in [6.45, 7) is 1.54. The Bertz CT molecular complexity index is 933. The highest BCUT2D eigenvalue weighted by Gasteiger charge is 2.50. The first-order valence-corrected chi connectivity index (χ1v) is 9.43. The lowest BCUT2D eigenvalue weighted by molar-refractivity contribution is -0.134. The number of rotatable bonds is 6. The molecule has 7 nitrogen and oxygen atoms in total. The summed E-state index contributed by atoms with van der Waals surface area (Å²) in [6.07, 6.45) is 0. The molecule has 8 heteroatoms. The van der Waals surface area contributed by atoms with Gasteiger partial charge in [-0.05, 0) is 30.7 Å². The van der Waals surface area contributed by atoms with E-state index in [-0.39, 0.29) is 13.1 Å². The molecule has 2 N–H and O–H groups in total. The van der Waals surface area contributed by atoms with Gasteiger partial charge in [0.15, 0.2) is 0 Å². The van der Waals surface area contributed by atoms with E-state index in [4.69, 9.17) is 4.74 Å². The third-order valence-electron chi connectivity index (χ3n) is 4.61. The summed E-state index contributed by atoms with van der Waals surface area (Å²) in [5.74, 6) is -0.214. The van der Waals surface area contributed by atoms with Crippen LogP contribution in [0.2, 0.25) is 0 Å². The minimum Gasteiger partial charge on any atom is -0.497 e. The quantitative estimate of drug-likeness (QED) is 0.668. The number of nitrogens with one attached hydrogen (secondary N) is 2. The minimum absolute atomic E-state index is 0.265. The molecule has 2 aromatic rings. The summed E-state index contributed by atoms with van der Waals surface area (Å²) in [6, 6.07) is 13.8. The maximum absolute atomic E-state index is 12.9. The molecular formula is C20H20BrN3O4. The molecule has 28 heavy (non-hydrogen) atoms. The van der Waals surface area contributed by atoms with Crippen molar-refractivity contribution in [3.63, 3.8) is 0 Å². The van der Waals surface area contributed by atoms with Crippen LogP contribution in [0.4, 0.5) is 4.79 Å². The van der Waals surface area contributed by atoms with Crippen molar-refractivity contribution in [2.24, 2.45) is 0 Å². The molecule has 2 aromatic carbocycles. The van der Waals surface area contributed by atoms with E-state index in [2.05, 4.69) is 26.6 Å². The van der Waals surface area contributed by atoms with Crippen LogP contribution in [0.3, 0.4) is 0 Å². The van der Waals surface area contributed by atoms with E-state index in [9.17, 15) is 14.4 Å². The number of nitrogens with zero attached hydrogens (tertiary/aromatic N) is 1. The van der Waals surface area contributed by atoms with Gasteiger partial charge >= 0.3 is 6.03 Å². The summed E-state index contributed by atoms with van der Waals surface area (Å²) in [5.41, 5.74) is 0.250. The molecule has 1 aliphatic heterocycles. The molecule has 0 spiro atoms. The van der Waals surface area contributed by atoms with E-state index >= 15 is 0 Å². The summed E-state index contributed by atoms with van der Waals surface area (Å²) < 4.78 is 5.85. The zero-order valence-corrected chi connectivity index (χ0v) is 17.1. The maximum atomic E-state index is 12.9. The molecule has 1 atom stereocenters. The molecule has 1 heterocycles. The number of halogens is 1. The van der Waals surface area contributed by atoms with Gasteiger partial charge in [0, 0.05) is 16.6 Å². The lowest BCUT2D eigenvalue weighted by Crippen LogP contribution is -2.43. The third-order valence-corrected chi connectivity index (χ3v) is 5.30. The van der Waals surface area contributed by atoms with E-state index in [1.54, 1.807) is 44.4 Å². The number of hydrogen-bond donors (Lipinski definition) is 2. The standard InChI is InChI=1S/C20H20BrN3O4/c1-20(15-8-3-4-9-16(15)21)18(26)24(19(27)23-20)12-17(25)22-11-13-6-5-7-14(10-13)28-2/h3-10H,11-12H2,1-2H3,(H,22,25)(H,23,27). The highest BCUT2D eigenvalue weighted by molar-refractivity contribution is 9.10. The van der Waals surface area contributed by atoms with Crippen LogP contribution >= 0.6 is 15.9 Å². The van der Waals surface area contributed by atoms with Gasteiger partial charge in [0.2, 0.25) is 5.91 Å². The average Bonchev–Trinajstić information content (AvgIpc) is 2.90. The van der Waals surface area contributed by atoms with Crippen LogP contribution in [-0.2, 0) is 21.7 Å². The van der Waals surface area contributed by atoms with E-state index in [1.165, 1.54) is 0 Å². The second kappa shape index (κ2) is 8.02. The number of methoxy groups -OCH3 is 1. The van der Waals surface area contributed by atoms with Gasteiger partial charge < -0.3 is 15.4 Å². The Morgan fingerprint density at radius 1 is 1.21 bits per heavy atom. The molecule has 4 amide bonds. The van der Waals surface area contributed by atoms with Gasteiger partial charge in [0.05, 0.1) is 7.11 Å². The topological polar surface area (TPSA) is 87.7 Å². The first kappa shape index (κ1) is 19.9. The van der Waals surface area contributed by atoms with Crippen LogP contribution in [0, 0.1) is 0 Å². The Hall–Kier alpha value is -2.87. The van der Waals surface area contributed by atoms with Crippen molar-refractivity contribution >= 4 is 33.8 Å². The number of carbonyl (C=O) groups is 3.